The van der Waals surface area contributed by atoms with E-state index in [9.17, 15) is 0 Å². The van der Waals surface area contributed by atoms with E-state index < -0.39 is 0 Å². The Balaban J connectivity index is 2.42. The van der Waals surface area contributed by atoms with E-state index >= 15 is 0 Å². The van der Waals surface area contributed by atoms with Crippen molar-refractivity contribution in [3.8, 4) is 0 Å². The fourth-order valence-electron chi connectivity index (χ4n) is 1.29. The van der Waals surface area contributed by atoms with E-state index in [4.69, 9.17) is 34.8 Å². The summed E-state index contributed by atoms with van der Waals surface area (Å²) in [5.41, 5.74) is 1.35. The Morgan fingerprint density at radius 3 is 2.35 bits per heavy atom. The molecule has 0 aliphatic carbocycles. The summed E-state index contributed by atoms with van der Waals surface area (Å²) in [6, 6.07) is 5.26. The third kappa shape index (κ3) is 2.63. The molecular formula is C11H8Cl3N3. The van der Waals surface area contributed by atoms with Gasteiger partial charge in [0, 0.05) is 5.56 Å². The molecule has 1 N–H and O–H groups in total. The minimum Gasteiger partial charge on any atom is -0.337 e. The van der Waals surface area contributed by atoms with Gasteiger partial charge < -0.3 is 5.32 Å². The topological polar surface area (TPSA) is 37.8 Å². The van der Waals surface area contributed by atoms with E-state index in [1.165, 1.54) is 6.33 Å². The fourth-order valence-corrected chi connectivity index (χ4v) is 1.92. The molecule has 2 rings (SSSR count). The van der Waals surface area contributed by atoms with Gasteiger partial charge in [-0.2, -0.15) is 0 Å². The summed E-state index contributed by atoms with van der Waals surface area (Å²) in [6.45, 7) is 1.81. The first kappa shape index (κ1) is 12.4. The summed E-state index contributed by atoms with van der Waals surface area (Å²) in [7, 11) is 0. The van der Waals surface area contributed by atoms with Crippen molar-refractivity contribution in [1.82, 2.24) is 9.97 Å². The first-order valence-electron chi connectivity index (χ1n) is 4.77. The maximum absolute atomic E-state index is 6.05. The Hall–Kier alpha value is -1.03. The molecule has 3 nitrogen and oxygen atoms in total. The predicted octanol–water partition coefficient (Wildman–Crippen LogP) is 4.49. The molecule has 1 aromatic heterocycles. The third-order valence-corrected chi connectivity index (χ3v) is 3.24. The van der Waals surface area contributed by atoms with Gasteiger partial charge in [0.25, 0.3) is 0 Å². The molecule has 17 heavy (non-hydrogen) atoms. The van der Waals surface area contributed by atoms with E-state index in [0.717, 1.165) is 5.56 Å². The summed E-state index contributed by atoms with van der Waals surface area (Å²) >= 11 is 18.0. The zero-order chi connectivity index (χ0) is 12.4. The molecule has 0 aliphatic heterocycles. The number of aromatic nitrogens is 2. The first-order chi connectivity index (χ1) is 8.09. The molecule has 0 bridgehead atoms. The van der Waals surface area contributed by atoms with Crippen LogP contribution in [0.1, 0.15) is 5.56 Å². The Bertz CT molecular complexity index is 537. The number of para-hydroxylation sites is 1. The number of benzene rings is 1. The SMILES string of the molecule is Cc1c(Cl)ncnc1Nc1c(Cl)cccc1Cl. The zero-order valence-corrected chi connectivity index (χ0v) is 11.1. The highest BCUT2D eigenvalue weighted by molar-refractivity contribution is 6.39. The molecule has 0 spiro atoms. The summed E-state index contributed by atoms with van der Waals surface area (Å²) in [4.78, 5) is 7.97. The summed E-state index contributed by atoms with van der Waals surface area (Å²) < 4.78 is 0. The zero-order valence-electron chi connectivity index (χ0n) is 8.84. The van der Waals surface area contributed by atoms with Crippen LogP contribution in [-0.4, -0.2) is 9.97 Å². The van der Waals surface area contributed by atoms with Gasteiger partial charge in [0.1, 0.15) is 17.3 Å². The van der Waals surface area contributed by atoms with Crippen LogP contribution in [0.3, 0.4) is 0 Å². The Kier molecular flexibility index (Phi) is 3.72. The van der Waals surface area contributed by atoms with Crippen LogP contribution in [0.25, 0.3) is 0 Å². The van der Waals surface area contributed by atoms with Crippen molar-refractivity contribution in [3.05, 3.63) is 45.3 Å². The minimum absolute atomic E-state index is 0.394. The molecule has 6 heteroatoms. The fraction of sp³-hybridized carbons (Fsp3) is 0.0909. The number of halogens is 3. The van der Waals surface area contributed by atoms with Crippen molar-refractivity contribution in [2.75, 3.05) is 5.32 Å². The monoisotopic (exact) mass is 287 g/mol. The molecule has 88 valence electrons. The van der Waals surface area contributed by atoms with Crippen LogP contribution in [0.4, 0.5) is 11.5 Å². The highest BCUT2D eigenvalue weighted by Crippen LogP contribution is 2.33. The smallest absolute Gasteiger partial charge is 0.138 e. The number of anilines is 2. The highest BCUT2D eigenvalue weighted by Gasteiger charge is 2.09. The second kappa shape index (κ2) is 5.08. The van der Waals surface area contributed by atoms with Crippen molar-refractivity contribution < 1.29 is 0 Å². The lowest BCUT2D eigenvalue weighted by molar-refractivity contribution is 1.13. The van der Waals surface area contributed by atoms with Crippen LogP contribution in [0.2, 0.25) is 15.2 Å². The molecule has 0 saturated heterocycles. The standard InChI is InChI=1S/C11H8Cl3N3/c1-6-10(14)15-5-16-11(6)17-9-7(12)3-2-4-8(9)13/h2-5H,1H3,(H,15,16,17). The van der Waals surface area contributed by atoms with Crippen molar-refractivity contribution >= 4 is 46.3 Å². The van der Waals surface area contributed by atoms with E-state index in [1.54, 1.807) is 18.2 Å². The van der Waals surface area contributed by atoms with E-state index in [-0.39, 0.29) is 0 Å². The van der Waals surface area contributed by atoms with Gasteiger partial charge in [-0.15, -0.1) is 0 Å². The molecule has 2 aromatic rings. The lowest BCUT2D eigenvalue weighted by atomic mass is 10.3. The number of hydrogen-bond acceptors (Lipinski definition) is 3. The van der Waals surface area contributed by atoms with Crippen LogP contribution in [-0.2, 0) is 0 Å². The van der Waals surface area contributed by atoms with Crippen LogP contribution >= 0.6 is 34.8 Å². The molecular weight excluding hydrogens is 281 g/mol. The van der Waals surface area contributed by atoms with Crippen molar-refractivity contribution in [2.45, 2.75) is 6.92 Å². The minimum atomic E-state index is 0.394. The molecule has 0 unspecified atom stereocenters. The highest BCUT2D eigenvalue weighted by atomic mass is 35.5. The van der Waals surface area contributed by atoms with Crippen molar-refractivity contribution in [1.29, 1.82) is 0 Å². The maximum atomic E-state index is 6.05. The van der Waals surface area contributed by atoms with Gasteiger partial charge in [0.05, 0.1) is 15.7 Å². The van der Waals surface area contributed by atoms with E-state index in [1.807, 2.05) is 6.92 Å². The van der Waals surface area contributed by atoms with Gasteiger partial charge in [0.2, 0.25) is 0 Å². The maximum Gasteiger partial charge on any atom is 0.138 e. The summed E-state index contributed by atoms with van der Waals surface area (Å²) in [6.07, 6.45) is 1.38. The van der Waals surface area contributed by atoms with E-state index in [0.29, 0.717) is 26.7 Å². The molecule has 0 amide bonds. The van der Waals surface area contributed by atoms with Crippen molar-refractivity contribution in [3.63, 3.8) is 0 Å². The third-order valence-electron chi connectivity index (χ3n) is 2.23. The average molecular weight is 289 g/mol. The van der Waals surface area contributed by atoms with Crippen LogP contribution in [0.15, 0.2) is 24.5 Å². The number of hydrogen-bond donors (Lipinski definition) is 1. The molecule has 0 aliphatic rings. The molecule has 0 fully saturated rings. The van der Waals surface area contributed by atoms with Gasteiger partial charge in [-0.05, 0) is 19.1 Å². The second-order valence-electron chi connectivity index (χ2n) is 3.36. The molecule has 0 saturated carbocycles. The van der Waals surface area contributed by atoms with Crippen LogP contribution in [0, 0.1) is 6.92 Å². The Morgan fingerprint density at radius 1 is 1.06 bits per heavy atom. The van der Waals surface area contributed by atoms with Crippen LogP contribution in [0.5, 0.6) is 0 Å². The van der Waals surface area contributed by atoms with E-state index in [2.05, 4.69) is 15.3 Å². The van der Waals surface area contributed by atoms with Crippen LogP contribution < -0.4 is 5.32 Å². The molecule has 0 atom stereocenters. The average Bonchev–Trinajstić information content (AvgIpc) is 2.29. The molecule has 0 radical (unpaired) electrons. The molecule has 1 aromatic carbocycles. The summed E-state index contributed by atoms with van der Waals surface area (Å²) in [5, 5.41) is 4.48. The normalized spacial score (nSPS) is 10.4. The Morgan fingerprint density at radius 2 is 1.71 bits per heavy atom. The van der Waals surface area contributed by atoms with Crippen molar-refractivity contribution in [2.24, 2.45) is 0 Å². The van der Waals surface area contributed by atoms with Gasteiger partial charge in [-0.1, -0.05) is 40.9 Å². The number of nitrogens with zero attached hydrogens (tertiary/aromatic N) is 2. The summed E-state index contributed by atoms with van der Waals surface area (Å²) in [5.74, 6) is 0.583. The molecule has 1 heterocycles. The lowest BCUT2D eigenvalue weighted by Crippen LogP contribution is -1.99. The lowest BCUT2D eigenvalue weighted by Gasteiger charge is -2.11. The Labute approximate surface area is 114 Å². The first-order valence-corrected chi connectivity index (χ1v) is 5.91. The number of rotatable bonds is 2. The quantitative estimate of drug-likeness (QED) is 0.827. The predicted molar refractivity (Wildman–Crippen MR) is 71.5 cm³/mol. The second-order valence-corrected chi connectivity index (χ2v) is 4.53. The van der Waals surface area contributed by atoms with Gasteiger partial charge in [0.15, 0.2) is 0 Å². The van der Waals surface area contributed by atoms with Gasteiger partial charge in [-0.25, -0.2) is 9.97 Å². The van der Waals surface area contributed by atoms with Gasteiger partial charge in [-0.3, -0.25) is 0 Å². The van der Waals surface area contributed by atoms with Gasteiger partial charge >= 0.3 is 0 Å². The largest absolute Gasteiger partial charge is 0.337 e. The number of nitrogens with one attached hydrogen (secondary N) is 1.